The van der Waals surface area contributed by atoms with E-state index in [4.69, 9.17) is 186 Å². The number of alkyl halides is 16. The molecule has 0 aliphatic carbocycles. The van der Waals surface area contributed by atoms with Crippen molar-refractivity contribution >= 4 is 186 Å². The van der Waals surface area contributed by atoms with E-state index in [2.05, 4.69) is 0 Å². The average Bonchev–Trinajstić information content (AvgIpc) is 2.24. The summed E-state index contributed by atoms with van der Waals surface area (Å²) in [6.07, 6.45) is 0. The van der Waals surface area contributed by atoms with Crippen molar-refractivity contribution in [1.82, 2.24) is 0 Å². The van der Waals surface area contributed by atoms with Gasteiger partial charge in [-0.05, 0) is 0 Å². The van der Waals surface area contributed by atoms with Gasteiger partial charge in [-0.25, -0.2) is 0 Å². The maximum atomic E-state index is 6.05. The van der Waals surface area contributed by atoms with Crippen molar-refractivity contribution in [3.05, 3.63) is 0 Å². The zero-order chi connectivity index (χ0) is 19.5. The van der Waals surface area contributed by atoms with Crippen LogP contribution in [0.4, 0.5) is 0 Å². The standard InChI is InChI=1S/C7Cl16/c8-1(9,2(10,11)4(14,15)6(18,19)20)3(12,13)5(16,17)7(21,22)23. The molecule has 0 saturated heterocycles. The molecule has 0 aliphatic rings. The topological polar surface area (TPSA) is 0 Å². The first-order valence-corrected chi connectivity index (χ1v) is 10.6. The molecule has 0 aliphatic heterocycles. The van der Waals surface area contributed by atoms with Crippen LogP contribution < -0.4 is 0 Å². The van der Waals surface area contributed by atoms with Crippen molar-refractivity contribution in [1.29, 1.82) is 0 Å². The number of halogens is 16. The average molecular weight is 651 g/mol. The monoisotopic (exact) mass is 644 g/mol. The second-order valence-corrected chi connectivity index (χ2v) is 15.1. The van der Waals surface area contributed by atoms with Crippen LogP contribution in [0.25, 0.3) is 0 Å². The van der Waals surface area contributed by atoms with Gasteiger partial charge >= 0.3 is 0 Å². The van der Waals surface area contributed by atoms with Crippen molar-refractivity contribution in [2.75, 3.05) is 0 Å². The summed E-state index contributed by atoms with van der Waals surface area (Å²) in [5.41, 5.74) is 0. The van der Waals surface area contributed by atoms with E-state index in [0.717, 1.165) is 0 Å². The summed E-state index contributed by atoms with van der Waals surface area (Å²) in [4.78, 5) is 0. The molecule has 0 heterocycles. The molecule has 16 heteroatoms. The summed E-state index contributed by atoms with van der Waals surface area (Å²) in [6.45, 7) is 0. The summed E-state index contributed by atoms with van der Waals surface area (Å²) >= 11 is 93.4. The van der Waals surface area contributed by atoms with E-state index in [1.54, 1.807) is 0 Å². The molecule has 0 saturated carbocycles. The van der Waals surface area contributed by atoms with Gasteiger partial charge in [0.25, 0.3) is 0 Å². The normalized spacial score (nSPS) is 16.7. The van der Waals surface area contributed by atoms with Gasteiger partial charge in [0, 0.05) is 0 Å². The van der Waals surface area contributed by atoms with E-state index in [0.29, 0.717) is 0 Å². The van der Waals surface area contributed by atoms with E-state index in [9.17, 15) is 0 Å². The quantitative estimate of drug-likeness (QED) is 0.266. The molecule has 140 valence electrons. The maximum absolute atomic E-state index is 6.05. The van der Waals surface area contributed by atoms with E-state index in [1.165, 1.54) is 0 Å². The Morgan fingerprint density at radius 3 is 0.478 bits per heavy atom. The van der Waals surface area contributed by atoms with Crippen LogP contribution in [0, 0.1) is 0 Å². The van der Waals surface area contributed by atoms with Crippen molar-refractivity contribution < 1.29 is 0 Å². The van der Waals surface area contributed by atoms with E-state index in [1.807, 2.05) is 0 Å². The van der Waals surface area contributed by atoms with Gasteiger partial charge in [0.05, 0.1) is 0 Å². The van der Waals surface area contributed by atoms with E-state index >= 15 is 0 Å². The first-order valence-electron chi connectivity index (χ1n) is 4.52. The Bertz CT molecular complexity index is 394. The second kappa shape index (κ2) is 8.05. The first-order chi connectivity index (χ1) is 9.50. The van der Waals surface area contributed by atoms with Gasteiger partial charge in [-0.2, -0.15) is 0 Å². The van der Waals surface area contributed by atoms with Crippen LogP contribution in [-0.2, 0) is 0 Å². The summed E-state index contributed by atoms with van der Waals surface area (Å²) in [5, 5.41) is 0. The summed E-state index contributed by atoms with van der Waals surface area (Å²) in [7, 11) is 0. The molecule has 0 aromatic heterocycles. The van der Waals surface area contributed by atoms with Crippen molar-refractivity contribution in [3.8, 4) is 0 Å². The molecule has 0 rings (SSSR count). The van der Waals surface area contributed by atoms with Crippen molar-refractivity contribution in [3.63, 3.8) is 0 Å². The molecule has 0 N–H and O–H groups in total. The minimum atomic E-state index is -2.85. The number of hydrogen-bond donors (Lipinski definition) is 0. The highest BCUT2D eigenvalue weighted by Gasteiger charge is 2.79. The molecule has 0 aromatic rings. The molecule has 0 aromatic carbocycles. The molecule has 23 heavy (non-hydrogen) atoms. The zero-order valence-corrected chi connectivity index (χ0v) is 21.6. The lowest BCUT2D eigenvalue weighted by atomic mass is 10.1. The Kier molecular flexibility index (Phi) is 9.68. The maximum Gasteiger partial charge on any atom is 0.226 e. The lowest BCUT2D eigenvalue weighted by Crippen LogP contribution is -2.67. The first kappa shape index (κ1) is 27.6. The molecular weight excluding hydrogens is 651 g/mol. The molecule has 0 spiro atoms. The lowest BCUT2D eigenvalue weighted by molar-refractivity contribution is 0.496. The van der Waals surface area contributed by atoms with Gasteiger partial charge in [-0.3, -0.25) is 0 Å². The smallest absolute Gasteiger partial charge is 0.0946 e. The molecule has 0 fully saturated rings. The Hall–Kier alpha value is 4.64. The molecule has 0 radical (unpaired) electrons. The predicted octanol–water partition coefficient (Wildman–Crippen LogP) is 9.60. The lowest BCUT2D eigenvalue weighted by Gasteiger charge is -2.51. The van der Waals surface area contributed by atoms with Crippen LogP contribution in [0.1, 0.15) is 0 Å². The van der Waals surface area contributed by atoms with Gasteiger partial charge in [0.1, 0.15) is 0 Å². The summed E-state index contributed by atoms with van der Waals surface area (Å²) < 4.78 is -18.9. The Morgan fingerprint density at radius 1 is 0.217 bits per heavy atom. The van der Waals surface area contributed by atoms with Gasteiger partial charge in [0.2, 0.25) is 16.3 Å². The van der Waals surface area contributed by atoms with Crippen LogP contribution in [0.3, 0.4) is 0 Å². The Balaban J connectivity index is 6.37. The largest absolute Gasteiger partial charge is 0.226 e. The van der Waals surface area contributed by atoms with Crippen molar-refractivity contribution in [2.24, 2.45) is 0 Å². The highest BCUT2D eigenvalue weighted by molar-refractivity contribution is 6.84. The van der Waals surface area contributed by atoms with Gasteiger partial charge in [-0.15, -0.1) is 0 Å². The molecule has 0 unspecified atom stereocenters. The second-order valence-electron chi connectivity index (χ2n) is 3.87. The fourth-order valence-corrected chi connectivity index (χ4v) is 5.23. The molecule has 0 bridgehead atoms. The Morgan fingerprint density at radius 2 is 0.348 bits per heavy atom. The Labute approximate surface area is 212 Å². The molecule has 0 amide bonds. The van der Waals surface area contributed by atoms with Crippen molar-refractivity contribution in [2.45, 2.75) is 29.3 Å². The molecule has 0 nitrogen and oxygen atoms in total. The van der Waals surface area contributed by atoms with Crippen LogP contribution >= 0.6 is 186 Å². The fraction of sp³-hybridized carbons (Fsp3) is 1.00. The molecule has 0 atom stereocenters. The SMILES string of the molecule is ClC(Cl)(Cl)C(Cl)(Cl)C(Cl)(Cl)C(Cl)(Cl)C(Cl)(Cl)C(Cl)(Cl)C(Cl)(Cl)Cl. The third kappa shape index (κ3) is 4.70. The van der Waals surface area contributed by atoms with Gasteiger partial charge in [-0.1, -0.05) is 186 Å². The van der Waals surface area contributed by atoms with Gasteiger partial charge in [0.15, 0.2) is 13.0 Å². The summed E-state index contributed by atoms with van der Waals surface area (Å²) in [5.74, 6) is 0. The number of rotatable bonds is 4. The minimum absolute atomic E-state index is 2.53. The highest BCUT2D eigenvalue weighted by Crippen LogP contribution is 2.71. The predicted molar refractivity (Wildman–Crippen MR) is 113 cm³/mol. The van der Waals surface area contributed by atoms with Gasteiger partial charge < -0.3 is 0 Å². The van der Waals surface area contributed by atoms with Crippen LogP contribution in [0.2, 0.25) is 0 Å². The minimum Gasteiger partial charge on any atom is -0.0946 e. The van der Waals surface area contributed by atoms with E-state index in [-0.39, 0.29) is 0 Å². The third-order valence-electron chi connectivity index (χ3n) is 2.29. The van der Waals surface area contributed by atoms with Crippen LogP contribution in [0.5, 0.6) is 0 Å². The van der Waals surface area contributed by atoms with E-state index < -0.39 is 29.3 Å². The fourth-order valence-electron chi connectivity index (χ4n) is 0.948. The van der Waals surface area contributed by atoms with Crippen LogP contribution in [0.15, 0.2) is 0 Å². The number of hydrogen-bond acceptors (Lipinski definition) is 0. The summed E-state index contributed by atoms with van der Waals surface area (Å²) in [6, 6.07) is 0. The molecular formula is C7Cl16. The highest BCUT2D eigenvalue weighted by atomic mass is 35.6. The van der Waals surface area contributed by atoms with Crippen LogP contribution in [-0.4, -0.2) is 29.3 Å². The zero-order valence-electron chi connectivity index (χ0n) is 9.55. The third-order valence-corrected chi connectivity index (χ3v) is 12.4.